The van der Waals surface area contributed by atoms with Gasteiger partial charge in [-0.05, 0) is 84.8 Å². The third-order valence-corrected chi connectivity index (χ3v) is 9.70. The van der Waals surface area contributed by atoms with Crippen molar-refractivity contribution < 1.29 is 24.2 Å². The Morgan fingerprint density at radius 1 is 1.28 bits per heavy atom. The zero-order valence-corrected chi connectivity index (χ0v) is 19.2. The van der Waals surface area contributed by atoms with Crippen LogP contribution in [-0.2, 0) is 19.1 Å². The maximum Gasteiger partial charge on any atom is 0.309 e. The summed E-state index contributed by atoms with van der Waals surface area (Å²) in [4.78, 5) is 24.1. The highest BCUT2D eigenvalue weighted by molar-refractivity contribution is 5.92. The van der Waals surface area contributed by atoms with E-state index >= 15 is 0 Å². The Balaban J connectivity index is 1.29. The van der Waals surface area contributed by atoms with Gasteiger partial charge in [0, 0.05) is 11.8 Å². The number of carbonyl (C=O) groups is 2. The number of esters is 1. The van der Waals surface area contributed by atoms with Crippen LogP contribution in [0.5, 0.6) is 0 Å². The molecule has 0 aromatic carbocycles. The first kappa shape index (κ1) is 22.1. The number of aliphatic hydroxyl groups excluding tert-OH is 1. The maximum absolute atomic E-state index is 12.1. The molecule has 1 N–H and O–H groups in total. The average molecular weight is 441 g/mol. The number of rotatable bonds is 6. The SMILES string of the molecule is C=C(COC(=O)CC=CCO)[C@H]1CCC2C3C[C@H]4OC[C@@]5(CCC(=O)C=C45)C3CC[C@@]21C. The molecule has 0 aromatic rings. The quantitative estimate of drug-likeness (QED) is 0.496. The van der Waals surface area contributed by atoms with Crippen LogP contribution in [0.25, 0.3) is 0 Å². The van der Waals surface area contributed by atoms with E-state index in [-0.39, 0.29) is 48.3 Å². The fourth-order valence-electron chi connectivity index (χ4n) is 8.30. The highest BCUT2D eigenvalue weighted by atomic mass is 16.5. The van der Waals surface area contributed by atoms with Crippen molar-refractivity contribution in [1.82, 2.24) is 0 Å². The summed E-state index contributed by atoms with van der Waals surface area (Å²) in [5.74, 6) is 2.31. The van der Waals surface area contributed by atoms with E-state index < -0.39 is 0 Å². The van der Waals surface area contributed by atoms with Crippen LogP contribution in [0.15, 0.2) is 36.0 Å². The van der Waals surface area contributed by atoms with Gasteiger partial charge in [-0.25, -0.2) is 0 Å². The molecule has 2 bridgehead atoms. The number of hydrogen-bond donors (Lipinski definition) is 1. The predicted octanol–water partition coefficient (Wildman–Crippen LogP) is 4.16. The topological polar surface area (TPSA) is 72.8 Å². The second-order valence-corrected chi connectivity index (χ2v) is 11.0. The van der Waals surface area contributed by atoms with E-state index in [1.54, 1.807) is 12.2 Å². The molecule has 5 rings (SSSR count). The lowest BCUT2D eigenvalue weighted by atomic mass is 9.46. The van der Waals surface area contributed by atoms with Crippen molar-refractivity contribution in [2.45, 2.75) is 64.4 Å². The summed E-state index contributed by atoms with van der Waals surface area (Å²) in [6, 6.07) is 0. The van der Waals surface area contributed by atoms with Crippen LogP contribution in [0, 0.1) is 34.5 Å². The van der Waals surface area contributed by atoms with Crippen LogP contribution in [0.3, 0.4) is 0 Å². The fourth-order valence-corrected chi connectivity index (χ4v) is 8.30. The Labute approximate surface area is 190 Å². The van der Waals surface area contributed by atoms with E-state index in [1.807, 2.05) is 6.08 Å². The molecule has 3 unspecified atom stereocenters. The molecular weight excluding hydrogens is 404 g/mol. The van der Waals surface area contributed by atoms with E-state index in [0.717, 1.165) is 31.4 Å². The molecule has 5 aliphatic rings. The molecule has 7 atom stereocenters. The first-order valence-corrected chi connectivity index (χ1v) is 12.3. The standard InChI is InChI=1S/C27H36O5/c1-17(15-31-25(30)5-3-4-12-28)20-6-7-21-19-14-24-23-13-18(29)8-11-27(23,16-32-24)22(19)9-10-26(20,21)2/h3-4,13,19-22,24,28H,1,5-12,14-16H2,2H3/t19?,20-,21?,22?,24-,26-,27+/m1/s1. The van der Waals surface area contributed by atoms with Crippen molar-refractivity contribution in [3.63, 3.8) is 0 Å². The van der Waals surface area contributed by atoms with Crippen molar-refractivity contribution >= 4 is 11.8 Å². The number of carbonyl (C=O) groups excluding carboxylic acids is 2. The fraction of sp³-hybridized carbons (Fsp3) is 0.704. The number of fused-ring (bicyclic) bond motifs is 3. The second kappa shape index (κ2) is 8.25. The Bertz CT molecular complexity index is 871. The lowest BCUT2D eigenvalue weighted by Crippen LogP contribution is -2.52. The lowest BCUT2D eigenvalue weighted by molar-refractivity contribution is -0.142. The molecular formula is C27H36O5. The van der Waals surface area contributed by atoms with Gasteiger partial charge in [-0.1, -0.05) is 25.7 Å². The highest BCUT2D eigenvalue weighted by Crippen LogP contribution is 2.69. The minimum atomic E-state index is -0.273. The Morgan fingerprint density at radius 3 is 2.94 bits per heavy atom. The predicted molar refractivity (Wildman–Crippen MR) is 121 cm³/mol. The van der Waals surface area contributed by atoms with E-state index in [4.69, 9.17) is 14.6 Å². The van der Waals surface area contributed by atoms with Gasteiger partial charge in [0.15, 0.2) is 5.78 Å². The Kier molecular flexibility index (Phi) is 5.69. The van der Waals surface area contributed by atoms with Gasteiger partial charge in [0.05, 0.1) is 25.7 Å². The van der Waals surface area contributed by atoms with Crippen molar-refractivity contribution in [2.24, 2.45) is 34.5 Å². The van der Waals surface area contributed by atoms with Gasteiger partial charge >= 0.3 is 5.97 Å². The van der Waals surface area contributed by atoms with Gasteiger partial charge in [-0.2, -0.15) is 0 Å². The number of ketones is 1. The summed E-state index contributed by atoms with van der Waals surface area (Å²) in [5.41, 5.74) is 2.67. The molecule has 0 aromatic heterocycles. The molecule has 1 heterocycles. The lowest BCUT2D eigenvalue weighted by Gasteiger charge is -2.57. The smallest absolute Gasteiger partial charge is 0.309 e. The van der Waals surface area contributed by atoms with E-state index in [2.05, 4.69) is 13.5 Å². The molecule has 4 aliphatic carbocycles. The van der Waals surface area contributed by atoms with Crippen LogP contribution in [-0.4, -0.2) is 42.8 Å². The second-order valence-electron chi connectivity index (χ2n) is 11.0. The monoisotopic (exact) mass is 440 g/mol. The van der Waals surface area contributed by atoms with Crippen LogP contribution >= 0.6 is 0 Å². The molecule has 5 heteroatoms. The van der Waals surface area contributed by atoms with Crippen molar-refractivity contribution in [1.29, 1.82) is 0 Å². The van der Waals surface area contributed by atoms with Gasteiger partial charge < -0.3 is 14.6 Å². The van der Waals surface area contributed by atoms with Gasteiger partial charge in [-0.3, -0.25) is 9.59 Å². The van der Waals surface area contributed by atoms with Crippen LogP contribution < -0.4 is 0 Å². The summed E-state index contributed by atoms with van der Waals surface area (Å²) >= 11 is 0. The van der Waals surface area contributed by atoms with Crippen molar-refractivity contribution in [3.05, 3.63) is 36.0 Å². The molecule has 3 saturated carbocycles. The third kappa shape index (κ3) is 3.35. The number of hydrogen-bond acceptors (Lipinski definition) is 5. The summed E-state index contributed by atoms with van der Waals surface area (Å²) in [6.07, 6.45) is 12.8. The zero-order valence-electron chi connectivity index (χ0n) is 19.2. The summed E-state index contributed by atoms with van der Waals surface area (Å²) in [5, 5.41) is 8.79. The van der Waals surface area contributed by atoms with Crippen LogP contribution in [0.1, 0.15) is 58.3 Å². The molecule has 0 spiro atoms. The Morgan fingerprint density at radius 2 is 2.12 bits per heavy atom. The van der Waals surface area contributed by atoms with Crippen LogP contribution in [0.2, 0.25) is 0 Å². The first-order chi connectivity index (χ1) is 15.4. The summed E-state index contributed by atoms with van der Waals surface area (Å²) < 4.78 is 11.8. The number of ether oxygens (including phenoxy) is 2. The normalized spacial score (nSPS) is 42.2. The molecule has 5 nitrogen and oxygen atoms in total. The molecule has 174 valence electrons. The molecule has 1 aliphatic heterocycles. The van der Waals surface area contributed by atoms with Gasteiger partial charge in [-0.15, -0.1) is 0 Å². The van der Waals surface area contributed by atoms with Gasteiger partial charge in [0.2, 0.25) is 0 Å². The summed E-state index contributed by atoms with van der Waals surface area (Å²) in [7, 11) is 0. The van der Waals surface area contributed by atoms with E-state index in [1.165, 1.54) is 24.8 Å². The largest absolute Gasteiger partial charge is 0.461 e. The minimum absolute atomic E-state index is 0.0647. The van der Waals surface area contributed by atoms with E-state index in [0.29, 0.717) is 30.1 Å². The van der Waals surface area contributed by atoms with Gasteiger partial charge in [0.1, 0.15) is 6.61 Å². The zero-order chi connectivity index (χ0) is 22.5. The van der Waals surface area contributed by atoms with Gasteiger partial charge in [0.25, 0.3) is 0 Å². The Hall–Kier alpha value is -1.72. The van der Waals surface area contributed by atoms with Crippen molar-refractivity contribution in [3.8, 4) is 0 Å². The van der Waals surface area contributed by atoms with E-state index in [9.17, 15) is 9.59 Å². The minimum Gasteiger partial charge on any atom is -0.461 e. The summed E-state index contributed by atoms with van der Waals surface area (Å²) in [6.45, 7) is 7.83. The van der Waals surface area contributed by atoms with Crippen LogP contribution in [0.4, 0.5) is 0 Å². The average Bonchev–Trinajstić information content (AvgIpc) is 3.26. The molecule has 4 fully saturated rings. The van der Waals surface area contributed by atoms with Crippen molar-refractivity contribution in [2.75, 3.05) is 19.8 Å². The first-order valence-electron chi connectivity index (χ1n) is 12.3. The third-order valence-electron chi connectivity index (χ3n) is 9.70. The highest BCUT2D eigenvalue weighted by Gasteiger charge is 2.64. The molecule has 0 radical (unpaired) electrons. The number of aliphatic hydroxyl groups is 1. The molecule has 32 heavy (non-hydrogen) atoms. The molecule has 1 saturated heterocycles. The molecule has 0 amide bonds. The maximum atomic E-state index is 12.1.